The molecule has 0 amide bonds. The molecule has 2 aromatic rings. The molecule has 0 heterocycles. The average molecular weight is 266 g/mol. The van der Waals surface area contributed by atoms with E-state index in [1.165, 1.54) is 22.8 Å². The maximum atomic E-state index is 11.6. The fourth-order valence-electron chi connectivity index (χ4n) is 4.54. The second-order valence-electron chi connectivity index (χ2n) is 6.33. The third-order valence-electron chi connectivity index (χ3n) is 5.36. The van der Waals surface area contributed by atoms with E-state index in [4.69, 9.17) is 0 Å². The Morgan fingerprint density at radius 2 is 1.75 bits per heavy atom. The average Bonchev–Trinajstić information content (AvgIpc) is 3.07. The molecule has 4 rings (SSSR count). The highest BCUT2D eigenvalue weighted by Gasteiger charge is 2.51. The number of rotatable bonds is 2. The molecule has 2 aliphatic rings. The third-order valence-corrected chi connectivity index (χ3v) is 5.36. The number of benzene rings is 2. The van der Waals surface area contributed by atoms with Crippen molar-refractivity contribution in [1.29, 1.82) is 0 Å². The smallest absolute Gasteiger partial charge is 0.307 e. The van der Waals surface area contributed by atoms with Crippen LogP contribution in [0.2, 0.25) is 0 Å². The quantitative estimate of drug-likeness (QED) is 0.890. The predicted molar refractivity (Wildman–Crippen MR) is 78.6 cm³/mol. The molecule has 1 N–H and O–H groups in total. The molecule has 2 bridgehead atoms. The monoisotopic (exact) mass is 266 g/mol. The Bertz CT molecular complexity index is 676. The van der Waals surface area contributed by atoms with Crippen LogP contribution in [0, 0.1) is 17.8 Å². The van der Waals surface area contributed by atoms with Crippen molar-refractivity contribution in [3.63, 3.8) is 0 Å². The summed E-state index contributed by atoms with van der Waals surface area (Å²) >= 11 is 0. The van der Waals surface area contributed by atoms with Gasteiger partial charge in [0.15, 0.2) is 0 Å². The van der Waals surface area contributed by atoms with Gasteiger partial charge < -0.3 is 5.11 Å². The highest BCUT2D eigenvalue weighted by atomic mass is 16.4. The molecule has 20 heavy (non-hydrogen) atoms. The first kappa shape index (κ1) is 12.0. The van der Waals surface area contributed by atoms with Crippen LogP contribution in [0.1, 0.15) is 30.7 Å². The second kappa shape index (κ2) is 4.34. The molecule has 0 aliphatic heterocycles. The molecular formula is C18H18O2. The molecule has 0 aromatic heterocycles. The molecule has 0 saturated heterocycles. The second-order valence-corrected chi connectivity index (χ2v) is 6.33. The van der Waals surface area contributed by atoms with Gasteiger partial charge >= 0.3 is 5.97 Å². The largest absolute Gasteiger partial charge is 0.481 e. The Morgan fingerprint density at radius 1 is 1.00 bits per heavy atom. The molecule has 2 nitrogen and oxygen atoms in total. The summed E-state index contributed by atoms with van der Waals surface area (Å²) in [6.45, 7) is 0. The Labute approximate surface area is 118 Å². The van der Waals surface area contributed by atoms with Gasteiger partial charge in [-0.1, -0.05) is 42.5 Å². The molecule has 0 spiro atoms. The van der Waals surface area contributed by atoms with Gasteiger partial charge in [-0.15, -0.1) is 0 Å². The Balaban J connectivity index is 1.79. The van der Waals surface area contributed by atoms with Crippen molar-refractivity contribution < 1.29 is 9.90 Å². The SMILES string of the molecule is O=C(O)C1C(c2ccc3ccccc3c2)[C@@H]2CC[C@H]1C2. The number of carboxylic acid groups (broad SMARTS) is 1. The first-order valence-electron chi connectivity index (χ1n) is 7.45. The Hall–Kier alpha value is -1.83. The van der Waals surface area contributed by atoms with Crippen molar-refractivity contribution in [2.24, 2.45) is 17.8 Å². The standard InChI is InChI=1S/C18H18O2/c19-18(20)17-15-8-7-14(10-15)16(17)13-6-5-11-3-1-2-4-12(11)9-13/h1-6,9,14-17H,7-8,10H2,(H,19,20)/t14-,15+,16?,17?/m1/s1. The van der Waals surface area contributed by atoms with Gasteiger partial charge in [0.1, 0.15) is 0 Å². The molecule has 2 unspecified atom stereocenters. The normalized spacial score (nSPS) is 31.8. The number of fused-ring (bicyclic) bond motifs is 3. The van der Waals surface area contributed by atoms with Crippen LogP contribution >= 0.6 is 0 Å². The fourth-order valence-corrected chi connectivity index (χ4v) is 4.54. The van der Waals surface area contributed by atoms with Crippen LogP contribution in [0.15, 0.2) is 42.5 Å². The molecule has 2 aromatic carbocycles. The molecule has 102 valence electrons. The maximum absolute atomic E-state index is 11.6. The first-order valence-corrected chi connectivity index (χ1v) is 7.45. The van der Waals surface area contributed by atoms with E-state index in [-0.39, 0.29) is 11.8 Å². The number of hydrogen-bond donors (Lipinski definition) is 1. The van der Waals surface area contributed by atoms with Gasteiger partial charge in [0.25, 0.3) is 0 Å². The van der Waals surface area contributed by atoms with E-state index in [1.807, 2.05) is 12.1 Å². The number of carbonyl (C=O) groups is 1. The summed E-state index contributed by atoms with van der Waals surface area (Å²) in [6, 6.07) is 14.8. The van der Waals surface area contributed by atoms with E-state index >= 15 is 0 Å². The lowest BCUT2D eigenvalue weighted by Crippen LogP contribution is -2.27. The minimum atomic E-state index is -0.602. The maximum Gasteiger partial charge on any atom is 0.307 e. The number of carboxylic acids is 1. The topological polar surface area (TPSA) is 37.3 Å². The highest BCUT2D eigenvalue weighted by Crippen LogP contribution is 2.56. The van der Waals surface area contributed by atoms with Gasteiger partial charge in [-0.2, -0.15) is 0 Å². The van der Waals surface area contributed by atoms with E-state index in [1.54, 1.807) is 0 Å². The van der Waals surface area contributed by atoms with Gasteiger partial charge in [0.05, 0.1) is 5.92 Å². The van der Waals surface area contributed by atoms with Crippen LogP contribution in [0.5, 0.6) is 0 Å². The lowest BCUT2D eigenvalue weighted by Gasteiger charge is -2.28. The Morgan fingerprint density at radius 3 is 2.55 bits per heavy atom. The summed E-state index contributed by atoms with van der Waals surface area (Å²) in [6.07, 6.45) is 3.41. The predicted octanol–water partition coefficient (Wildman–Crippen LogP) is 4.05. The molecule has 4 atom stereocenters. The van der Waals surface area contributed by atoms with Gasteiger partial charge in [0, 0.05) is 5.92 Å². The van der Waals surface area contributed by atoms with Crippen molar-refractivity contribution in [2.45, 2.75) is 25.2 Å². The summed E-state index contributed by atoms with van der Waals surface area (Å²) < 4.78 is 0. The van der Waals surface area contributed by atoms with Crippen molar-refractivity contribution in [3.8, 4) is 0 Å². The minimum Gasteiger partial charge on any atom is -0.481 e. The van der Waals surface area contributed by atoms with E-state index in [0.29, 0.717) is 11.8 Å². The Kier molecular flexibility index (Phi) is 2.59. The van der Waals surface area contributed by atoms with E-state index in [9.17, 15) is 9.90 Å². The van der Waals surface area contributed by atoms with Crippen LogP contribution in [0.25, 0.3) is 10.8 Å². The minimum absolute atomic E-state index is 0.171. The lowest BCUT2D eigenvalue weighted by molar-refractivity contribution is -0.144. The zero-order valence-corrected chi connectivity index (χ0v) is 11.3. The highest BCUT2D eigenvalue weighted by molar-refractivity contribution is 5.83. The summed E-state index contributed by atoms with van der Waals surface area (Å²) in [5, 5.41) is 12.0. The summed E-state index contributed by atoms with van der Waals surface area (Å²) in [5.74, 6) is 0.414. The molecule has 2 saturated carbocycles. The van der Waals surface area contributed by atoms with Crippen LogP contribution in [-0.2, 0) is 4.79 Å². The van der Waals surface area contributed by atoms with Crippen molar-refractivity contribution >= 4 is 16.7 Å². The van der Waals surface area contributed by atoms with E-state index in [0.717, 1.165) is 12.8 Å². The van der Waals surface area contributed by atoms with Crippen LogP contribution < -0.4 is 0 Å². The van der Waals surface area contributed by atoms with Crippen LogP contribution in [-0.4, -0.2) is 11.1 Å². The molecule has 2 heteroatoms. The summed E-state index contributed by atoms with van der Waals surface area (Å²) in [4.78, 5) is 11.6. The first-order chi connectivity index (χ1) is 9.74. The van der Waals surface area contributed by atoms with Gasteiger partial charge in [0.2, 0.25) is 0 Å². The summed E-state index contributed by atoms with van der Waals surface area (Å²) in [5.41, 5.74) is 1.23. The summed E-state index contributed by atoms with van der Waals surface area (Å²) in [7, 11) is 0. The number of aliphatic carboxylic acids is 1. The van der Waals surface area contributed by atoms with Crippen LogP contribution in [0.3, 0.4) is 0 Å². The van der Waals surface area contributed by atoms with Crippen molar-refractivity contribution in [1.82, 2.24) is 0 Å². The zero-order chi connectivity index (χ0) is 13.7. The fraction of sp³-hybridized carbons (Fsp3) is 0.389. The molecule has 2 fully saturated rings. The van der Waals surface area contributed by atoms with Crippen molar-refractivity contribution in [2.75, 3.05) is 0 Å². The van der Waals surface area contributed by atoms with Crippen LogP contribution in [0.4, 0.5) is 0 Å². The lowest BCUT2D eigenvalue weighted by atomic mass is 9.75. The van der Waals surface area contributed by atoms with Gasteiger partial charge in [-0.25, -0.2) is 0 Å². The number of hydrogen-bond acceptors (Lipinski definition) is 1. The van der Waals surface area contributed by atoms with Crippen molar-refractivity contribution in [3.05, 3.63) is 48.0 Å². The van der Waals surface area contributed by atoms with Gasteiger partial charge in [-0.3, -0.25) is 4.79 Å². The van der Waals surface area contributed by atoms with E-state index < -0.39 is 5.97 Å². The van der Waals surface area contributed by atoms with Gasteiger partial charge in [-0.05, 0) is 47.4 Å². The molecular weight excluding hydrogens is 248 g/mol. The van der Waals surface area contributed by atoms with E-state index in [2.05, 4.69) is 30.3 Å². The molecule has 2 aliphatic carbocycles. The zero-order valence-electron chi connectivity index (χ0n) is 11.3. The molecule has 0 radical (unpaired) electrons. The third kappa shape index (κ3) is 1.67.